The second-order valence-corrected chi connectivity index (χ2v) is 6.60. The Morgan fingerprint density at radius 1 is 1.29 bits per heavy atom. The Morgan fingerprint density at radius 2 is 2.05 bits per heavy atom. The van der Waals surface area contributed by atoms with Gasteiger partial charge in [-0.15, -0.1) is 0 Å². The van der Waals surface area contributed by atoms with E-state index in [9.17, 15) is 22.0 Å². The lowest BCUT2D eigenvalue weighted by atomic mass is 10.1. The van der Waals surface area contributed by atoms with Crippen LogP contribution in [0, 0.1) is 11.6 Å². The molecule has 1 heterocycles. The zero-order valence-corrected chi connectivity index (χ0v) is 12.0. The first-order chi connectivity index (χ1) is 9.87. The van der Waals surface area contributed by atoms with Crippen molar-refractivity contribution in [2.75, 3.05) is 12.4 Å². The highest BCUT2D eigenvalue weighted by Gasteiger charge is 2.24. The van der Waals surface area contributed by atoms with Crippen molar-refractivity contribution in [3.63, 3.8) is 0 Å². The topological polar surface area (TPSA) is 72.5 Å². The third-order valence-corrected chi connectivity index (χ3v) is 4.42. The number of rotatable bonds is 4. The number of carbonyl (C=O) groups is 1. The first kappa shape index (κ1) is 15.8. The van der Waals surface area contributed by atoms with Gasteiger partial charge in [-0.2, -0.15) is 0 Å². The summed E-state index contributed by atoms with van der Waals surface area (Å²) in [6.07, 6.45) is 1.92. The summed E-state index contributed by atoms with van der Waals surface area (Å²) in [7, 11) is -3.89. The third-order valence-electron chi connectivity index (χ3n) is 3.11. The van der Waals surface area contributed by atoms with E-state index in [-0.39, 0.29) is 11.3 Å². The normalized spacial score (nSPS) is 19.2. The monoisotopic (exact) mass is 319 g/mol. The molecule has 0 bridgehead atoms. The molecule has 8 heteroatoms. The van der Waals surface area contributed by atoms with E-state index >= 15 is 0 Å². The molecule has 116 valence electrons. The van der Waals surface area contributed by atoms with E-state index in [2.05, 4.69) is 0 Å². The van der Waals surface area contributed by atoms with E-state index < -0.39 is 33.7 Å². The SMILES string of the molecule is O=C(NS(=O)(=O)C[C@H]1CCCCO1)c1ccc(F)c(F)c1. The highest BCUT2D eigenvalue weighted by Crippen LogP contribution is 2.14. The van der Waals surface area contributed by atoms with Gasteiger partial charge >= 0.3 is 0 Å². The lowest BCUT2D eigenvalue weighted by Crippen LogP contribution is -2.38. The van der Waals surface area contributed by atoms with Gasteiger partial charge in [0, 0.05) is 12.2 Å². The fourth-order valence-corrected chi connectivity index (χ4v) is 3.30. The van der Waals surface area contributed by atoms with Crippen LogP contribution >= 0.6 is 0 Å². The first-order valence-corrected chi connectivity index (χ1v) is 8.14. The molecule has 1 saturated heterocycles. The van der Waals surface area contributed by atoms with Gasteiger partial charge < -0.3 is 4.74 Å². The van der Waals surface area contributed by atoms with Gasteiger partial charge in [0.25, 0.3) is 5.91 Å². The highest BCUT2D eigenvalue weighted by molar-refractivity contribution is 7.90. The van der Waals surface area contributed by atoms with Crippen molar-refractivity contribution in [2.45, 2.75) is 25.4 Å². The van der Waals surface area contributed by atoms with E-state index in [1.165, 1.54) is 0 Å². The molecule has 0 aromatic heterocycles. The highest BCUT2D eigenvalue weighted by atomic mass is 32.2. The minimum atomic E-state index is -3.89. The Morgan fingerprint density at radius 3 is 2.67 bits per heavy atom. The zero-order chi connectivity index (χ0) is 15.5. The van der Waals surface area contributed by atoms with Crippen LogP contribution in [0.3, 0.4) is 0 Å². The molecule has 1 atom stereocenters. The summed E-state index contributed by atoms with van der Waals surface area (Å²) in [4.78, 5) is 11.7. The number of benzene rings is 1. The van der Waals surface area contributed by atoms with Crippen LogP contribution < -0.4 is 4.72 Å². The molecule has 5 nitrogen and oxygen atoms in total. The van der Waals surface area contributed by atoms with Crippen LogP contribution in [0.5, 0.6) is 0 Å². The molecule has 1 aromatic rings. The lowest BCUT2D eigenvalue weighted by Gasteiger charge is -2.22. The molecule has 1 aliphatic heterocycles. The van der Waals surface area contributed by atoms with Crippen molar-refractivity contribution in [2.24, 2.45) is 0 Å². The van der Waals surface area contributed by atoms with E-state index in [1.807, 2.05) is 4.72 Å². The van der Waals surface area contributed by atoms with Gasteiger partial charge in [0.15, 0.2) is 11.6 Å². The maximum Gasteiger partial charge on any atom is 0.264 e. The van der Waals surface area contributed by atoms with Gasteiger partial charge in [-0.05, 0) is 37.5 Å². The molecule has 2 rings (SSSR count). The maximum atomic E-state index is 13.0. The Bertz CT molecular complexity index is 627. The average molecular weight is 319 g/mol. The molecule has 0 aliphatic carbocycles. The van der Waals surface area contributed by atoms with E-state index in [0.29, 0.717) is 19.1 Å². The molecular weight excluding hydrogens is 304 g/mol. The van der Waals surface area contributed by atoms with E-state index in [1.54, 1.807) is 0 Å². The zero-order valence-electron chi connectivity index (χ0n) is 11.1. The maximum absolute atomic E-state index is 13.0. The smallest absolute Gasteiger partial charge is 0.264 e. The lowest BCUT2D eigenvalue weighted by molar-refractivity contribution is 0.0304. The van der Waals surface area contributed by atoms with Crippen LogP contribution in [0.2, 0.25) is 0 Å². The number of ether oxygens (including phenoxy) is 1. The van der Waals surface area contributed by atoms with E-state index in [0.717, 1.165) is 25.0 Å². The second kappa shape index (κ2) is 6.48. The molecule has 1 aromatic carbocycles. The Labute approximate surface area is 121 Å². The standard InChI is InChI=1S/C13H15F2NO4S/c14-11-5-4-9(7-12(11)15)13(17)16-21(18,19)8-10-3-1-2-6-20-10/h4-5,7,10H,1-3,6,8H2,(H,16,17)/t10-/m1/s1. The number of nitrogens with one attached hydrogen (secondary N) is 1. The number of carbonyl (C=O) groups excluding carboxylic acids is 1. The van der Waals surface area contributed by atoms with Crippen molar-refractivity contribution in [3.05, 3.63) is 35.4 Å². The van der Waals surface area contributed by atoms with Crippen molar-refractivity contribution in [3.8, 4) is 0 Å². The summed E-state index contributed by atoms with van der Waals surface area (Å²) in [5.74, 6) is -3.65. The number of halogens is 2. The number of amides is 1. The van der Waals surface area contributed by atoms with Crippen LogP contribution in [-0.4, -0.2) is 32.8 Å². The van der Waals surface area contributed by atoms with Gasteiger partial charge in [0.05, 0.1) is 11.9 Å². The molecule has 0 spiro atoms. The molecule has 0 unspecified atom stereocenters. The molecule has 1 fully saturated rings. The minimum Gasteiger partial charge on any atom is -0.377 e. The van der Waals surface area contributed by atoms with Crippen LogP contribution in [0.25, 0.3) is 0 Å². The quantitative estimate of drug-likeness (QED) is 0.915. The van der Waals surface area contributed by atoms with Crippen molar-refractivity contribution >= 4 is 15.9 Å². The minimum absolute atomic E-state index is 0.262. The van der Waals surface area contributed by atoms with Crippen molar-refractivity contribution in [1.29, 1.82) is 0 Å². The summed E-state index contributed by atoms with van der Waals surface area (Å²) in [6.45, 7) is 0.497. The number of hydrogen-bond acceptors (Lipinski definition) is 4. The molecule has 1 aliphatic rings. The van der Waals surface area contributed by atoms with Crippen LogP contribution in [0.15, 0.2) is 18.2 Å². The Hall–Kier alpha value is -1.54. The van der Waals surface area contributed by atoms with Gasteiger partial charge in [-0.3, -0.25) is 4.79 Å². The van der Waals surface area contributed by atoms with Gasteiger partial charge in [0.2, 0.25) is 10.0 Å². The summed E-state index contributed by atoms with van der Waals surface area (Å²) in [6, 6.07) is 2.43. The van der Waals surface area contributed by atoms with Crippen LogP contribution in [0.1, 0.15) is 29.6 Å². The van der Waals surface area contributed by atoms with Gasteiger partial charge in [0.1, 0.15) is 0 Å². The van der Waals surface area contributed by atoms with Gasteiger partial charge in [-0.25, -0.2) is 21.9 Å². The van der Waals surface area contributed by atoms with Crippen LogP contribution in [0.4, 0.5) is 8.78 Å². The summed E-state index contributed by atoms with van der Waals surface area (Å²) >= 11 is 0. The predicted molar refractivity (Wildman–Crippen MR) is 71.2 cm³/mol. The Kier molecular flexibility index (Phi) is 4.89. The molecule has 1 N–H and O–H groups in total. The molecule has 1 amide bonds. The van der Waals surface area contributed by atoms with Crippen molar-refractivity contribution < 1.29 is 26.7 Å². The van der Waals surface area contributed by atoms with Crippen molar-refractivity contribution in [1.82, 2.24) is 4.72 Å². The Balaban J connectivity index is 2.01. The number of hydrogen-bond donors (Lipinski definition) is 1. The van der Waals surface area contributed by atoms with E-state index in [4.69, 9.17) is 4.74 Å². The molecular formula is C13H15F2NO4S. The van der Waals surface area contributed by atoms with Crippen LogP contribution in [-0.2, 0) is 14.8 Å². The first-order valence-electron chi connectivity index (χ1n) is 6.49. The average Bonchev–Trinajstić information content (AvgIpc) is 2.41. The molecule has 0 saturated carbocycles. The largest absolute Gasteiger partial charge is 0.377 e. The van der Waals surface area contributed by atoms with Gasteiger partial charge in [-0.1, -0.05) is 0 Å². The third kappa shape index (κ3) is 4.47. The summed E-state index contributed by atoms with van der Waals surface area (Å²) in [5.41, 5.74) is -0.262. The number of sulfonamides is 1. The predicted octanol–water partition coefficient (Wildman–Crippen LogP) is 1.59. The molecule has 21 heavy (non-hydrogen) atoms. The second-order valence-electron chi connectivity index (χ2n) is 4.83. The molecule has 0 radical (unpaired) electrons. The fraction of sp³-hybridized carbons (Fsp3) is 0.462. The summed E-state index contributed by atoms with van der Waals surface area (Å²) < 4.78 is 56.6. The fourth-order valence-electron chi connectivity index (χ4n) is 2.06. The summed E-state index contributed by atoms with van der Waals surface area (Å²) in [5, 5.41) is 0.